The smallest absolute Gasteiger partial charge is 0.308 e. The highest BCUT2D eigenvalue weighted by Gasteiger charge is 2.32. The van der Waals surface area contributed by atoms with Gasteiger partial charge in [-0.2, -0.15) is 0 Å². The van der Waals surface area contributed by atoms with Gasteiger partial charge >= 0.3 is 5.97 Å². The summed E-state index contributed by atoms with van der Waals surface area (Å²) in [7, 11) is 1.33. The number of amides is 1. The maximum Gasteiger partial charge on any atom is 0.308 e. The Kier molecular flexibility index (Phi) is 4.08. The third kappa shape index (κ3) is 3.51. The molecule has 1 saturated carbocycles. The lowest BCUT2D eigenvalue weighted by Crippen LogP contribution is -2.43. The predicted octanol–water partition coefficient (Wildman–Crippen LogP) is -0.175. The number of aliphatic hydroxyl groups is 1. The molecule has 1 fully saturated rings. The van der Waals surface area contributed by atoms with Crippen LogP contribution in [-0.2, 0) is 14.3 Å². The van der Waals surface area contributed by atoms with Crippen molar-refractivity contribution in [1.29, 1.82) is 0 Å². The molecule has 1 amide bonds. The molecule has 0 unspecified atom stereocenters. The second-order valence-corrected chi connectivity index (χ2v) is 3.98. The highest BCUT2D eigenvalue weighted by atomic mass is 16.5. The van der Waals surface area contributed by atoms with Crippen LogP contribution in [-0.4, -0.2) is 36.2 Å². The van der Waals surface area contributed by atoms with Gasteiger partial charge < -0.3 is 15.2 Å². The molecule has 0 radical (unpaired) electrons. The zero-order valence-corrected chi connectivity index (χ0v) is 9.03. The average Bonchev–Trinajstić information content (AvgIpc) is 2.14. The van der Waals surface area contributed by atoms with E-state index >= 15 is 0 Å². The number of esters is 1. The third-order valence-electron chi connectivity index (χ3n) is 2.62. The van der Waals surface area contributed by atoms with Crippen LogP contribution in [0.15, 0.2) is 0 Å². The minimum Gasteiger partial charge on any atom is -0.469 e. The average molecular weight is 215 g/mol. The standard InChI is InChI=1S/C10H17NO4/c1-6(12)11-8-3-7(10(14)15-2)4-9(13)5-8/h7-9,13H,3-5H2,1-2H3,(H,11,12)/t7-,8+,9-/m1/s1. The Balaban J connectivity index is 2.55. The van der Waals surface area contributed by atoms with Crippen molar-refractivity contribution in [3.8, 4) is 0 Å². The van der Waals surface area contributed by atoms with E-state index in [1.54, 1.807) is 0 Å². The number of carbonyl (C=O) groups is 2. The van der Waals surface area contributed by atoms with Crippen LogP contribution in [0.1, 0.15) is 26.2 Å². The van der Waals surface area contributed by atoms with Gasteiger partial charge in [-0.3, -0.25) is 9.59 Å². The SMILES string of the molecule is COC(=O)[C@H]1C[C@@H](O)C[C@@H](NC(C)=O)C1. The van der Waals surface area contributed by atoms with E-state index in [-0.39, 0.29) is 23.8 Å². The van der Waals surface area contributed by atoms with E-state index in [4.69, 9.17) is 0 Å². The molecule has 0 saturated heterocycles. The normalized spacial score (nSPS) is 30.7. The van der Waals surface area contributed by atoms with Gasteiger partial charge in [-0.05, 0) is 19.3 Å². The second kappa shape index (κ2) is 5.11. The summed E-state index contributed by atoms with van der Waals surface area (Å²) < 4.78 is 4.63. The Labute approximate surface area is 88.8 Å². The summed E-state index contributed by atoms with van der Waals surface area (Å²) in [5, 5.41) is 12.3. The van der Waals surface area contributed by atoms with Crippen LogP contribution in [0, 0.1) is 5.92 Å². The zero-order chi connectivity index (χ0) is 11.4. The van der Waals surface area contributed by atoms with E-state index in [0.29, 0.717) is 19.3 Å². The highest BCUT2D eigenvalue weighted by molar-refractivity contribution is 5.74. The first-order chi connectivity index (χ1) is 7.02. The van der Waals surface area contributed by atoms with E-state index in [1.165, 1.54) is 14.0 Å². The Morgan fingerprint density at radius 3 is 2.53 bits per heavy atom. The first kappa shape index (κ1) is 12.0. The molecule has 1 aliphatic carbocycles. The second-order valence-electron chi connectivity index (χ2n) is 3.98. The number of carbonyl (C=O) groups excluding carboxylic acids is 2. The number of hydrogen-bond acceptors (Lipinski definition) is 4. The topological polar surface area (TPSA) is 75.6 Å². The van der Waals surface area contributed by atoms with Gasteiger partial charge in [0.2, 0.25) is 5.91 Å². The summed E-state index contributed by atoms with van der Waals surface area (Å²) in [6.45, 7) is 1.42. The largest absolute Gasteiger partial charge is 0.469 e. The Bertz CT molecular complexity index is 254. The minimum absolute atomic E-state index is 0.129. The van der Waals surface area contributed by atoms with Gasteiger partial charge in [0.1, 0.15) is 0 Å². The van der Waals surface area contributed by atoms with Gasteiger partial charge in [0.15, 0.2) is 0 Å². The molecule has 0 aliphatic heterocycles. The van der Waals surface area contributed by atoms with E-state index in [0.717, 1.165) is 0 Å². The number of ether oxygens (including phenoxy) is 1. The molecule has 1 rings (SSSR count). The highest BCUT2D eigenvalue weighted by Crippen LogP contribution is 2.25. The van der Waals surface area contributed by atoms with Crippen molar-refractivity contribution in [2.24, 2.45) is 5.92 Å². The number of nitrogens with one attached hydrogen (secondary N) is 1. The van der Waals surface area contributed by atoms with E-state index in [9.17, 15) is 14.7 Å². The van der Waals surface area contributed by atoms with Crippen molar-refractivity contribution >= 4 is 11.9 Å². The molecule has 5 nitrogen and oxygen atoms in total. The molecule has 0 heterocycles. The third-order valence-corrected chi connectivity index (χ3v) is 2.62. The fourth-order valence-corrected chi connectivity index (χ4v) is 2.05. The monoisotopic (exact) mass is 215 g/mol. The number of rotatable bonds is 2. The summed E-state index contributed by atoms with van der Waals surface area (Å²) in [4.78, 5) is 22.2. The van der Waals surface area contributed by atoms with Crippen LogP contribution < -0.4 is 5.32 Å². The number of aliphatic hydroxyl groups excluding tert-OH is 1. The van der Waals surface area contributed by atoms with Gasteiger partial charge in [0, 0.05) is 13.0 Å². The fourth-order valence-electron chi connectivity index (χ4n) is 2.05. The molecule has 1 aliphatic rings. The van der Waals surface area contributed by atoms with Crippen molar-refractivity contribution in [3.63, 3.8) is 0 Å². The van der Waals surface area contributed by atoms with E-state index in [1.807, 2.05) is 0 Å². The molecule has 0 aromatic carbocycles. The Morgan fingerprint density at radius 2 is 2.00 bits per heavy atom. The maximum absolute atomic E-state index is 11.3. The Hall–Kier alpha value is -1.10. The van der Waals surface area contributed by atoms with Crippen LogP contribution in [0.2, 0.25) is 0 Å². The zero-order valence-electron chi connectivity index (χ0n) is 9.03. The van der Waals surface area contributed by atoms with Crippen LogP contribution in [0.4, 0.5) is 0 Å². The van der Waals surface area contributed by atoms with Gasteiger partial charge in [-0.25, -0.2) is 0 Å². The lowest BCUT2D eigenvalue weighted by Gasteiger charge is -2.31. The summed E-state index contributed by atoms with van der Waals surface area (Å²) >= 11 is 0. The van der Waals surface area contributed by atoms with E-state index in [2.05, 4.69) is 10.1 Å². The molecule has 3 atom stereocenters. The minimum atomic E-state index is -0.542. The van der Waals surface area contributed by atoms with Gasteiger partial charge in [0.25, 0.3) is 0 Å². The number of hydrogen-bond donors (Lipinski definition) is 2. The van der Waals surface area contributed by atoms with Crippen molar-refractivity contribution in [2.45, 2.75) is 38.3 Å². The molecule has 5 heteroatoms. The molecule has 0 aromatic heterocycles. The first-order valence-electron chi connectivity index (χ1n) is 5.06. The maximum atomic E-state index is 11.3. The molecular formula is C10H17NO4. The molecule has 2 N–H and O–H groups in total. The fraction of sp³-hybridized carbons (Fsp3) is 0.800. The van der Waals surface area contributed by atoms with Crippen LogP contribution in [0.5, 0.6) is 0 Å². The molecule has 86 valence electrons. The van der Waals surface area contributed by atoms with Crippen LogP contribution >= 0.6 is 0 Å². The molecule has 0 bridgehead atoms. The van der Waals surface area contributed by atoms with Crippen molar-refractivity contribution in [1.82, 2.24) is 5.32 Å². The molecule has 0 spiro atoms. The van der Waals surface area contributed by atoms with Crippen LogP contribution in [0.25, 0.3) is 0 Å². The van der Waals surface area contributed by atoms with Gasteiger partial charge in [-0.15, -0.1) is 0 Å². The summed E-state index contributed by atoms with van der Waals surface area (Å²) in [5.41, 5.74) is 0. The lowest BCUT2D eigenvalue weighted by molar-refractivity contribution is -0.148. The summed E-state index contributed by atoms with van der Waals surface area (Å²) in [6.07, 6.45) is 0.929. The van der Waals surface area contributed by atoms with E-state index < -0.39 is 6.10 Å². The Morgan fingerprint density at radius 1 is 1.33 bits per heavy atom. The van der Waals surface area contributed by atoms with Gasteiger partial charge in [-0.1, -0.05) is 0 Å². The first-order valence-corrected chi connectivity index (χ1v) is 5.06. The van der Waals surface area contributed by atoms with Crippen molar-refractivity contribution < 1.29 is 19.4 Å². The molecule has 15 heavy (non-hydrogen) atoms. The van der Waals surface area contributed by atoms with Crippen molar-refractivity contribution in [3.05, 3.63) is 0 Å². The summed E-state index contributed by atoms with van der Waals surface area (Å²) in [6, 6.07) is -0.129. The predicted molar refractivity (Wildman–Crippen MR) is 53.0 cm³/mol. The summed E-state index contributed by atoms with van der Waals surface area (Å²) in [5.74, 6) is -0.766. The molecule has 0 aromatic rings. The van der Waals surface area contributed by atoms with Gasteiger partial charge in [0.05, 0.1) is 19.1 Å². The van der Waals surface area contributed by atoms with Crippen molar-refractivity contribution in [2.75, 3.05) is 7.11 Å². The number of methoxy groups -OCH3 is 1. The lowest BCUT2D eigenvalue weighted by atomic mass is 9.84. The quantitative estimate of drug-likeness (QED) is 0.627. The van der Waals surface area contributed by atoms with Crippen LogP contribution in [0.3, 0.4) is 0 Å². The molecular weight excluding hydrogens is 198 g/mol.